The highest BCUT2D eigenvalue weighted by Crippen LogP contribution is 2.29. The number of ether oxygens (including phenoxy) is 2. The maximum atomic E-state index is 5.72. The standard InChI is InChI=1S/C9H15BrO2/c10-8-2-4-12-9(5-8)7-1-3-11-6-7/h7-9H,1-6H2. The summed E-state index contributed by atoms with van der Waals surface area (Å²) in [4.78, 5) is 0.664. The summed E-state index contributed by atoms with van der Waals surface area (Å²) in [5, 5.41) is 0. The number of hydrogen-bond acceptors (Lipinski definition) is 2. The van der Waals surface area contributed by atoms with Crippen molar-refractivity contribution in [2.75, 3.05) is 19.8 Å². The number of alkyl halides is 1. The van der Waals surface area contributed by atoms with Gasteiger partial charge in [0.2, 0.25) is 0 Å². The van der Waals surface area contributed by atoms with Crippen molar-refractivity contribution in [2.24, 2.45) is 5.92 Å². The molecule has 0 radical (unpaired) electrons. The third-order valence-electron chi connectivity index (χ3n) is 2.74. The third-order valence-corrected chi connectivity index (χ3v) is 3.57. The third kappa shape index (κ3) is 2.01. The zero-order valence-corrected chi connectivity index (χ0v) is 8.76. The molecule has 0 aliphatic carbocycles. The van der Waals surface area contributed by atoms with Crippen LogP contribution in [0, 0.1) is 5.92 Å². The lowest BCUT2D eigenvalue weighted by Crippen LogP contribution is -2.32. The van der Waals surface area contributed by atoms with Crippen LogP contribution in [-0.2, 0) is 9.47 Å². The predicted molar refractivity (Wildman–Crippen MR) is 50.6 cm³/mol. The average Bonchev–Trinajstić information content (AvgIpc) is 2.56. The highest BCUT2D eigenvalue weighted by molar-refractivity contribution is 9.09. The Hall–Kier alpha value is 0.400. The molecule has 2 saturated heterocycles. The van der Waals surface area contributed by atoms with E-state index in [1.807, 2.05) is 0 Å². The highest BCUT2D eigenvalue weighted by atomic mass is 79.9. The van der Waals surface area contributed by atoms with E-state index in [9.17, 15) is 0 Å². The lowest BCUT2D eigenvalue weighted by Gasteiger charge is -2.29. The van der Waals surface area contributed by atoms with Crippen LogP contribution < -0.4 is 0 Å². The summed E-state index contributed by atoms with van der Waals surface area (Å²) in [5.74, 6) is 0.658. The second-order valence-corrected chi connectivity index (χ2v) is 4.95. The minimum atomic E-state index is 0.450. The molecular formula is C9H15BrO2. The average molecular weight is 235 g/mol. The Labute approximate surface area is 81.7 Å². The molecule has 2 nitrogen and oxygen atoms in total. The van der Waals surface area contributed by atoms with Crippen molar-refractivity contribution in [3.05, 3.63) is 0 Å². The van der Waals surface area contributed by atoms with E-state index < -0.39 is 0 Å². The molecular weight excluding hydrogens is 220 g/mol. The quantitative estimate of drug-likeness (QED) is 0.647. The van der Waals surface area contributed by atoms with Gasteiger partial charge < -0.3 is 9.47 Å². The van der Waals surface area contributed by atoms with Crippen molar-refractivity contribution in [1.29, 1.82) is 0 Å². The van der Waals surface area contributed by atoms with Gasteiger partial charge in [0.25, 0.3) is 0 Å². The molecule has 0 aromatic heterocycles. The SMILES string of the molecule is BrC1CCOC(C2CCOC2)C1. The van der Waals surface area contributed by atoms with Gasteiger partial charge in [-0.2, -0.15) is 0 Å². The minimum absolute atomic E-state index is 0.450. The molecule has 2 heterocycles. The first kappa shape index (κ1) is 8.97. The van der Waals surface area contributed by atoms with E-state index in [2.05, 4.69) is 15.9 Å². The molecule has 12 heavy (non-hydrogen) atoms. The summed E-state index contributed by atoms with van der Waals surface area (Å²) in [5.41, 5.74) is 0. The summed E-state index contributed by atoms with van der Waals surface area (Å²) in [6, 6.07) is 0. The molecule has 3 heteroatoms. The number of halogens is 1. The summed E-state index contributed by atoms with van der Waals surface area (Å²) in [7, 11) is 0. The molecule has 0 aromatic carbocycles. The van der Waals surface area contributed by atoms with E-state index in [0.29, 0.717) is 16.8 Å². The van der Waals surface area contributed by atoms with Crippen molar-refractivity contribution >= 4 is 15.9 Å². The highest BCUT2D eigenvalue weighted by Gasteiger charge is 2.30. The zero-order chi connectivity index (χ0) is 8.39. The first-order chi connectivity index (χ1) is 5.86. The molecule has 0 bridgehead atoms. The van der Waals surface area contributed by atoms with Crippen molar-refractivity contribution in [3.63, 3.8) is 0 Å². The Balaban J connectivity index is 1.85. The smallest absolute Gasteiger partial charge is 0.0636 e. The van der Waals surface area contributed by atoms with Gasteiger partial charge in [-0.3, -0.25) is 0 Å². The maximum Gasteiger partial charge on any atom is 0.0636 e. The van der Waals surface area contributed by atoms with Crippen LogP contribution in [0.15, 0.2) is 0 Å². The van der Waals surface area contributed by atoms with Crippen LogP contribution in [0.3, 0.4) is 0 Å². The van der Waals surface area contributed by atoms with Gasteiger partial charge in [0.1, 0.15) is 0 Å². The first-order valence-electron chi connectivity index (χ1n) is 4.69. The Kier molecular flexibility index (Phi) is 3.05. The van der Waals surface area contributed by atoms with Gasteiger partial charge in [-0.25, -0.2) is 0 Å². The summed E-state index contributed by atoms with van der Waals surface area (Å²) in [6.07, 6.45) is 3.95. The molecule has 0 N–H and O–H groups in total. The monoisotopic (exact) mass is 234 g/mol. The van der Waals surface area contributed by atoms with Gasteiger partial charge in [-0.15, -0.1) is 0 Å². The summed E-state index contributed by atoms with van der Waals surface area (Å²) >= 11 is 3.65. The topological polar surface area (TPSA) is 18.5 Å². The molecule has 2 fully saturated rings. The van der Waals surface area contributed by atoms with Crippen LogP contribution in [0.5, 0.6) is 0 Å². The lowest BCUT2D eigenvalue weighted by atomic mass is 9.95. The fraction of sp³-hybridized carbons (Fsp3) is 1.00. The Morgan fingerprint density at radius 3 is 2.75 bits per heavy atom. The molecule has 2 aliphatic heterocycles. The van der Waals surface area contributed by atoms with Gasteiger partial charge in [0.15, 0.2) is 0 Å². The molecule has 3 atom stereocenters. The van der Waals surface area contributed by atoms with E-state index in [4.69, 9.17) is 9.47 Å². The van der Waals surface area contributed by atoms with Crippen molar-refractivity contribution in [3.8, 4) is 0 Å². The van der Waals surface area contributed by atoms with Crippen LogP contribution in [-0.4, -0.2) is 30.8 Å². The molecule has 0 saturated carbocycles. The van der Waals surface area contributed by atoms with E-state index in [1.54, 1.807) is 0 Å². The van der Waals surface area contributed by atoms with Crippen LogP contribution in [0.4, 0.5) is 0 Å². The Bertz CT molecular complexity index is 145. The molecule has 2 rings (SSSR count). The normalized spacial score (nSPS) is 43.2. The predicted octanol–water partition coefficient (Wildman–Crippen LogP) is 1.97. The van der Waals surface area contributed by atoms with Crippen molar-refractivity contribution in [1.82, 2.24) is 0 Å². The van der Waals surface area contributed by atoms with Gasteiger partial charge in [-0.05, 0) is 19.3 Å². The van der Waals surface area contributed by atoms with Crippen molar-refractivity contribution < 1.29 is 9.47 Å². The fourth-order valence-corrected chi connectivity index (χ4v) is 2.52. The molecule has 0 spiro atoms. The van der Waals surface area contributed by atoms with Gasteiger partial charge in [0.05, 0.1) is 12.7 Å². The Morgan fingerprint density at radius 2 is 2.08 bits per heavy atom. The van der Waals surface area contributed by atoms with E-state index in [1.165, 1.54) is 6.42 Å². The van der Waals surface area contributed by atoms with Crippen molar-refractivity contribution in [2.45, 2.75) is 30.2 Å². The largest absolute Gasteiger partial charge is 0.381 e. The zero-order valence-electron chi connectivity index (χ0n) is 7.17. The number of hydrogen-bond donors (Lipinski definition) is 0. The molecule has 3 unspecified atom stereocenters. The fourth-order valence-electron chi connectivity index (χ4n) is 1.96. The molecule has 0 aromatic rings. The van der Waals surface area contributed by atoms with Gasteiger partial charge in [0, 0.05) is 24.0 Å². The molecule has 70 valence electrons. The van der Waals surface area contributed by atoms with E-state index in [0.717, 1.165) is 32.7 Å². The van der Waals surface area contributed by atoms with Gasteiger partial charge >= 0.3 is 0 Å². The van der Waals surface area contributed by atoms with Gasteiger partial charge in [-0.1, -0.05) is 15.9 Å². The van der Waals surface area contributed by atoms with Crippen LogP contribution in [0.2, 0.25) is 0 Å². The van der Waals surface area contributed by atoms with Crippen LogP contribution >= 0.6 is 15.9 Å². The Morgan fingerprint density at radius 1 is 1.17 bits per heavy atom. The second-order valence-electron chi connectivity index (χ2n) is 3.65. The molecule has 0 amide bonds. The van der Waals surface area contributed by atoms with Crippen LogP contribution in [0.1, 0.15) is 19.3 Å². The summed E-state index contributed by atoms with van der Waals surface area (Å²) in [6.45, 7) is 2.75. The second kappa shape index (κ2) is 4.07. The van der Waals surface area contributed by atoms with E-state index in [-0.39, 0.29) is 0 Å². The van der Waals surface area contributed by atoms with E-state index >= 15 is 0 Å². The minimum Gasteiger partial charge on any atom is -0.381 e. The first-order valence-corrected chi connectivity index (χ1v) is 5.61. The molecule has 2 aliphatic rings. The lowest BCUT2D eigenvalue weighted by molar-refractivity contribution is -0.0195. The number of rotatable bonds is 1. The maximum absolute atomic E-state index is 5.72. The summed E-state index contributed by atoms with van der Waals surface area (Å²) < 4.78 is 11.1. The van der Waals surface area contributed by atoms with Crippen LogP contribution in [0.25, 0.3) is 0 Å².